The predicted octanol–water partition coefficient (Wildman–Crippen LogP) is 1.66. The number of carbonyl (C=O) groups is 2. The number of pyridine rings is 1. The number of nitrogens with zero attached hydrogens (tertiary/aromatic N) is 3. The second-order valence-electron chi connectivity index (χ2n) is 6.92. The van der Waals surface area contributed by atoms with Crippen LogP contribution in [0.2, 0.25) is 0 Å². The van der Waals surface area contributed by atoms with Gasteiger partial charge < -0.3 is 14.7 Å². The van der Waals surface area contributed by atoms with E-state index < -0.39 is 0 Å². The van der Waals surface area contributed by atoms with Crippen molar-refractivity contribution in [2.75, 3.05) is 13.1 Å². The molecule has 0 bridgehead atoms. The first kappa shape index (κ1) is 15.8. The van der Waals surface area contributed by atoms with E-state index in [1.54, 1.807) is 30.3 Å². The summed E-state index contributed by atoms with van der Waals surface area (Å²) in [4.78, 5) is 30.7. The normalized spacial score (nSPS) is 22.2. The van der Waals surface area contributed by atoms with E-state index in [1.165, 1.54) is 0 Å². The molecular weight excluding hydrogens is 320 g/mol. The minimum Gasteiger partial charge on any atom is -0.361 e. The average Bonchev–Trinajstić information content (AvgIpc) is 3.20. The Morgan fingerprint density at radius 1 is 1.32 bits per heavy atom. The van der Waals surface area contributed by atoms with Crippen LogP contribution in [0.4, 0.5) is 0 Å². The van der Waals surface area contributed by atoms with Crippen molar-refractivity contribution in [2.24, 2.45) is 0 Å². The summed E-state index contributed by atoms with van der Waals surface area (Å²) in [5, 5.41) is 6.99. The smallest absolute Gasteiger partial charge is 0.276 e. The molecule has 0 aromatic carbocycles. The highest BCUT2D eigenvalue weighted by Gasteiger charge is 2.46. The lowest BCUT2D eigenvalue weighted by molar-refractivity contribution is -0.121. The van der Waals surface area contributed by atoms with Crippen LogP contribution in [0, 0.1) is 6.92 Å². The molecule has 2 aliphatic heterocycles. The van der Waals surface area contributed by atoms with Gasteiger partial charge in [-0.3, -0.25) is 14.6 Å². The van der Waals surface area contributed by atoms with Gasteiger partial charge >= 0.3 is 0 Å². The number of carbonyl (C=O) groups excluding carboxylic acids is 2. The van der Waals surface area contributed by atoms with Crippen molar-refractivity contribution in [3.63, 3.8) is 0 Å². The molecule has 7 nitrogen and oxygen atoms in total. The molecule has 7 heteroatoms. The average molecular weight is 340 g/mol. The van der Waals surface area contributed by atoms with Gasteiger partial charge in [0.15, 0.2) is 5.69 Å². The highest BCUT2D eigenvalue weighted by atomic mass is 16.5. The number of amides is 2. The lowest BCUT2D eigenvalue weighted by Crippen LogP contribution is -2.52. The number of hydrogen-bond acceptors (Lipinski definition) is 5. The lowest BCUT2D eigenvalue weighted by Gasteiger charge is -2.39. The van der Waals surface area contributed by atoms with Gasteiger partial charge in [-0.25, -0.2) is 0 Å². The van der Waals surface area contributed by atoms with E-state index in [2.05, 4.69) is 15.5 Å². The molecule has 2 aromatic heterocycles. The predicted molar refractivity (Wildman–Crippen MR) is 88.8 cm³/mol. The quantitative estimate of drug-likeness (QED) is 0.898. The Balaban J connectivity index is 1.43. The molecule has 1 atom stereocenters. The Bertz CT molecular complexity index is 794. The van der Waals surface area contributed by atoms with Crippen LogP contribution in [-0.4, -0.2) is 45.5 Å². The highest BCUT2D eigenvalue weighted by Crippen LogP contribution is 2.39. The Kier molecular flexibility index (Phi) is 3.78. The van der Waals surface area contributed by atoms with Gasteiger partial charge in [-0.15, -0.1) is 0 Å². The van der Waals surface area contributed by atoms with Gasteiger partial charge in [0.05, 0.1) is 5.92 Å². The molecule has 2 amide bonds. The number of aryl methyl sites for hydroxylation is 1. The molecular formula is C18H20N4O3. The zero-order valence-electron chi connectivity index (χ0n) is 14.1. The molecule has 2 aromatic rings. The number of nitrogens with one attached hydrogen (secondary N) is 1. The second kappa shape index (κ2) is 5.98. The third-order valence-corrected chi connectivity index (χ3v) is 5.26. The monoisotopic (exact) mass is 340 g/mol. The molecule has 2 saturated heterocycles. The van der Waals surface area contributed by atoms with Gasteiger partial charge in [0, 0.05) is 37.1 Å². The van der Waals surface area contributed by atoms with E-state index in [1.807, 2.05) is 12.1 Å². The maximum atomic E-state index is 12.5. The minimum atomic E-state index is -0.221. The highest BCUT2D eigenvalue weighted by molar-refractivity contribution is 5.92. The Morgan fingerprint density at radius 2 is 2.04 bits per heavy atom. The van der Waals surface area contributed by atoms with E-state index in [0.29, 0.717) is 24.5 Å². The largest absolute Gasteiger partial charge is 0.361 e. The molecule has 0 aliphatic carbocycles. The first-order valence-corrected chi connectivity index (χ1v) is 8.51. The van der Waals surface area contributed by atoms with Crippen molar-refractivity contribution < 1.29 is 14.1 Å². The first-order chi connectivity index (χ1) is 12.1. The molecule has 1 N–H and O–H groups in total. The fourth-order valence-corrected chi connectivity index (χ4v) is 3.84. The van der Waals surface area contributed by atoms with Crippen LogP contribution in [0.3, 0.4) is 0 Å². The Morgan fingerprint density at radius 3 is 2.68 bits per heavy atom. The number of rotatable bonds is 2. The van der Waals surface area contributed by atoms with E-state index in [0.717, 1.165) is 24.8 Å². The molecule has 130 valence electrons. The molecule has 4 rings (SSSR count). The summed E-state index contributed by atoms with van der Waals surface area (Å²) in [6, 6.07) is 5.45. The molecule has 0 saturated carbocycles. The molecule has 2 aliphatic rings. The SMILES string of the molecule is Cc1cc(C(=O)N2CCC3(CC2)CC(c2ccncc2)C(=O)N3)no1. The summed E-state index contributed by atoms with van der Waals surface area (Å²) in [5.74, 6) is 0.448. The molecule has 1 spiro atoms. The van der Waals surface area contributed by atoms with Gasteiger partial charge in [-0.1, -0.05) is 5.16 Å². The van der Waals surface area contributed by atoms with Crippen molar-refractivity contribution >= 4 is 11.8 Å². The second-order valence-corrected chi connectivity index (χ2v) is 6.92. The van der Waals surface area contributed by atoms with E-state index in [-0.39, 0.29) is 23.3 Å². The van der Waals surface area contributed by atoms with Crippen LogP contribution >= 0.6 is 0 Å². The van der Waals surface area contributed by atoms with Crippen molar-refractivity contribution in [1.29, 1.82) is 0 Å². The van der Waals surface area contributed by atoms with E-state index in [9.17, 15) is 9.59 Å². The molecule has 4 heterocycles. The van der Waals surface area contributed by atoms with Crippen molar-refractivity contribution in [3.8, 4) is 0 Å². The van der Waals surface area contributed by atoms with Gasteiger partial charge in [0.2, 0.25) is 5.91 Å². The summed E-state index contributed by atoms with van der Waals surface area (Å²) in [6.45, 7) is 2.98. The molecule has 1 unspecified atom stereocenters. The van der Waals surface area contributed by atoms with Gasteiger partial charge in [-0.05, 0) is 43.9 Å². The zero-order valence-corrected chi connectivity index (χ0v) is 14.1. The van der Waals surface area contributed by atoms with Crippen LogP contribution in [0.25, 0.3) is 0 Å². The maximum Gasteiger partial charge on any atom is 0.276 e. The van der Waals surface area contributed by atoms with Crippen molar-refractivity contribution in [3.05, 3.63) is 47.6 Å². The Hall–Kier alpha value is -2.70. The van der Waals surface area contributed by atoms with Crippen LogP contribution < -0.4 is 5.32 Å². The van der Waals surface area contributed by atoms with Gasteiger partial charge in [0.25, 0.3) is 5.91 Å². The Labute approximate surface area is 145 Å². The number of likely N-dealkylation sites (tertiary alicyclic amines) is 1. The molecule has 0 radical (unpaired) electrons. The summed E-state index contributed by atoms with van der Waals surface area (Å²) in [5.41, 5.74) is 1.13. The third-order valence-electron chi connectivity index (χ3n) is 5.26. The zero-order chi connectivity index (χ0) is 17.4. The number of hydrogen-bond donors (Lipinski definition) is 1. The van der Waals surface area contributed by atoms with Crippen LogP contribution in [-0.2, 0) is 4.79 Å². The topological polar surface area (TPSA) is 88.3 Å². The summed E-state index contributed by atoms with van der Waals surface area (Å²) < 4.78 is 4.99. The van der Waals surface area contributed by atoms with Crippen LogP contribution in [0.15, 0.2) is 35.1 Å². The summed E-state index contributed by atoms with van der Waals surface area (Å²) in [6.07, 6.45) is 5.70. The number of piperidine rings is 1. The summed E-state index contributed by atoms with van der Waals surface area (Å²) >= 11 is 0. The standard InChI is InChI=1S/C18H20N4O3/c1-12-10-15(21-25-12)17(24)22-8-4-18(5-9-22)11-14(16(23)20-18)13-2-6-19-7-3-13/h2-3,6-7,10,14H,4-5,8-9,11H2,1H3,(H,20,23). The molecule has 25 heavy (non-hydrogen) atoms. The van der Waals surface area contributed by atoms with E-state index >= 15 is 0 Å². The van der Waals surface area contributed by atoms with Gasteiger partial charge in [0.1, 0.15) is 5.76 Å². The first-order valence-electron chi connectivity index (χ1n) is 8.51. The molecule has 2 fully saturated rings. The van der Waals surface area contributed by atoms with Crippen molar-refractivity contribution in [2.45, 2.75) is 37.6 Å². The third kappa shape index (κ3) is 2.90. The fraction of sp³-hybridized carbons (Fsp3) is 0.444. The van der Waals surface area contributed by atoms with Crippen LogP contribution in [0.1, 0.15) is 47.0 Å². The number of aromatic nitrogens is 2. The van der Waals surface area contributed by atoms with Crippen molar-refractivity contribution in [1.82, 2.24) is 20.4 Å². The minimum absolute atomic E-state index is 0.0677. The fourth-order valence-electron chi connectivity index (χ4n) is 3.84. The maximum absolute atomic E-state index is 12.5. The van der Waals surface area contributed by atoms with E-state index in [4.69, 9.17) is 4.52 Å². The summed E-state index contributed by atoms with van der Waals surface area (Å²) in [7, 11) is 0. The van der Waals surface area contributed by atoms with Crippen LogP contribution in [0.5, 0.6) is 0 Å². The van der Waals surface area contributed by atoms with Gasteiger partial charge in [-0.2, -0.15) is 0 Å². The lowest BCUT2D eigenvalue weighted by atomic mass is 9.82.